The summed E-state index contributed by atoms with van der Waals surface area (Å²) in [5, 5.41) is 5.04. The van der Waals surface area contributed by atoms with E-state index in [1.807, 2.05) is 41.5 Å². The number of hydrogen-bond acceptors (Lipinski definition) is 7. The summed E-state index contributed by atoms with van der Waals surface area (Å²) < 4.78 is 34.5. The van der Waals surface area contributed by atoms with Crippen LogP contribution in [0.3, 0.4) is 0 Å². The molecule has 0 amide bonds. The summed E-state index contributed by atoms with van der Waals surface area (Å²) in [5.41, 5.74) is 2.26. The van der Waals surface area contributed by atoms with Crippen LogP contribution in [0.1, 0.15) is 78.2 Å². The molecule has 0 bridgehead atoms. The second-order valence-corrected chi connectivity index (χ2v) is 13.1. The minimum atomic E-state index is -1.28. The quantitative estimate of drug-likeness (QED) is 0.335. The zero-order valence-corrected chi connectivity index (χ0v) is 24.1. The molecule has 2 aromatic rings. The molecule has 0 aromatic heterocycles. The lowest BCUT2D eigenvalue weighted by Crippen LogP contribution is -2.27. The smallest absolute Gasteiger partial charge is 0.337 e. The van der Waals surface area contributed by atoms with Gasteiger partial charge in [0.1, 0.15) is 17.3 Å². The van der Waals surface area contributed by atoms with Crippen molar-refractivity contribution >= 4 is 46.4 Å². The SMILES string of the molecule is CC(C)(C)[S@@](N)=O.COC(=O)c1ccc(C=N[S@@](=O)C(C)(C)C)cc1.COC(=O)c1ccc(C=O)cc1. The Morgan fingerprint density at radius 3 is 1.38 bits per heavy atom. The molecule has 0 saturated heterocycles. The normalized spacial score (nSPS) is 12.7. The molecule has 0 unspecified atom stereocenters. The van der Waals surface area contributed by atoms with Crippen molar-refractivity contribution in [2.45, 2.75) is 51.0 Å². The molecule has 2 rings (SSSR count). The van der Waals surface area contributed by atoms with Crippen molar-refractivity contribution in [2.75, 3.05) is 14.2 Å². The number of methoxy groups -OCH3 is 2. The van der Waals surface area contributed by atoms with Crippen LogP contribution in [0.5, 0.6) is 0 Å². The van der Waals surface area contributed by atoms with Gasteiger partial charge in [-0.25, -0.2) is 18.0 Å². The summed E-state index contributed by atoms with van der Waals surface area (Å²) in [4.78, 5) is 32.4. The van der Waals surface area contributed by atoms with E-state index in [2.05, 4.69) is 13.9 Å². The molecule has 2 N–H and O–H groups in total. The Morgan fingerprint density at radius 2 is 1.11 bits per heavy atom. The molecule has 0 heterocycles. The molecule has 11 heteroatoms. The van der Waals surface area contributed by atoms with Crippen molar-refractivity contribution in [3.63, 3.8) is 0 Å². The topological polar surface area (TPSA) is 142 Å². The highest BCUT2D eigenvalue weighted by Crippen LogP contribution is 2.12. The largest absolute Gasteiger partial charge is 0.465 e. The summed E-state index contributed by atoms with van der Waals surface area (Å²) in [5.74, 6) is -0.774. The Hall–Kier alpha value is -3.02. The van der Waals surface area contributed by atoms with Gasteiger partial charge in [0.15, 0.2) is 0 Å². The lowest BCUT2D eigenvalue weighted by atomic mass is 10.1. The molecule has 0 aliphatic carbocycles. The van der Waals surface area contributed by atoms with E-state index in [1.165, 1.54) is 14.2 Å². The number of carbonyl (C=O) groups excluding carboxylic acids is 3. The molecule has 0 spiro atoms. The standard InChI is InChI=1S/C13H17NO3S.C9H8O3.C4H11NOS/c1-13(2,3)18(16)14-9-10-5-7-11(8-6-10)12(15)17-4;1-12-9(11)8-4-2-7(6-10)3-5-8;1-4(2,3)7(5)6/h5-9H,1-4H3;2-6H,1H3;5H2,1-3H3/t18-;;7-/m0.0/s1. The fourth-order valence-electron chi connectivity index (χ4n) is 1.91. The van der Waals surface area contributed by atoms with Crippen LogP contribution < -0.4 is 5.14 Å². The average molecular weight is 553 g/mol. The number of hydrogen-bond donors (Lipinski definition) is 1. The van der Waals surface area contributed by atoms with Crippen LogP contribution in [0.4, 0.5) is 0 Å². The number of benzene rings is 2. The van der Waals surface area contributed by atoms with Gasteiger partial charge in [0.05, 0.1) is 45.8 Å². The van der Waals surface area contributed by atoms with Gasteiger partial charge >= 0.3 is 11.9 Å². The van der Waals surface area contributed by atoms with Crippen LogP contribution >= 0.6 is 0 Å². The maximum Gasteiger partial charge on any atom is 0.337 e. The van der Waals surface area contributed by atoms with Crippen LogP contribution in [0.25, 0.3) is 0 Å². The van der Waals surface area contributed by atoms with Gasteiger partial charge in [-0.3, -0.25) is 9.93 Å². The van der Waals surface area contributed by atoms with Crippen LogP contribution in [0.15, 0.2) is 52.9 Å². The van der Waals surface area contributed by atoms with Crippen LogP contribution in [-0.2, 0) is 31.4 Å². The van der Waals surface area contributed by atoms with Gasteiger partial charge in [0.25, 0.3) is 0 Å². The Morgan fingerprint density at radius 1 is 0.757 bits per heavy atom. The van der Waals surface area contributed by atoms with E-state index in [1.54, 1.807) is 54.7 Å². The summed E-state index contributed by atoms with van der Waals surface area (Å²) in [6.07, 6.45) is 2.27. The zero-order valence-electron chi connectivity index (χ0n) is 22.5. The lowest BCUT2D eigenvalue weighted by molar-refractivity contribution is 0.0592. The Labute approximate surface area is 224 Å². The fraction of sp³-hybridized carbons (Fsp3) is 0.385. The van der Waals surface area contributed by atoms with Gasteiger partial charge in [-0.1, -0.05) is 24.3 Å². The number of rotatable bonds is 5. The monoisotopic (exact) mass is 552 g/mol. The average Bonchev–Trinajstić information content (AvgIpc) is 2.86. The van der Waals surface area contributed by atoms with Gasteiger partial charge in [0.2, 0.25) is 0 Å². The fourth-order valence-corrected chi connectivity index (χ4v) is 2.44. The number of aldehydes is 1. The van der Waals surface area contributed by atoms with E-state index in [9.17, 15) is 22.8 Å². The number of esters is 2. The molecule has 0 aliphatic rings. The van der Waals surface area contributed by atoms with E-state index < -0.39 is 27.9 Å². The highest BCUT2D eigenvalue weighted by atomic mass is 32.2. The van der Waals surface area contributed by atoms with Gasteiger partial charge in [0, 0.05) is 11.8 Å². The molecule has 0 saturated carbocycles. The second-order valence-electron chi connectivity index (χ2n) is 9.35. The van der Waals surface area contributed by atoms with Gasteiger partial charge < -0.3 is 9.47 Å². The number of ether oxygens (including phenoxy) is 2. The third kappa shape index (κ3) is 13.7. The van der Waals surface area contributed by atoms with Crippen molar-refractivity contribution in [3.05, 3.63) is 70.8 Å². The predicted octanol–water partition coefficient (Wildman–Crippen LogP) is 4.05. The zero-order chi connectivity index (χ0) is 28.8. The lowest BCUT2D eigenvalue weighted by Gasteiger charge is -2.12. The van der Waals surface area contributed by atoms with Crippen LogP contribution in [0, 0.1) is 0 Å². The van der Waals surface area contributed by atoms with Gasteiger partial charge in [-0.15, -0.1) is 0 Å². The highest BCUT2D eigenvalue weighted by Gasteiger charge is 2.18. The summed E-state index contributed by atoms with van der Waals surface area (Å²) >= 11 is 0. The summed E-state index contributed by atoms with van der Waals surface area (Å²) in [6.45, 7) is 11.1. The van der Waals surface area contributed by atoms with Crippen molar-refractivity contribution in [2.24, 2.45) is 9.54 Å². The van der Waals surface area contributed by atoms with Crippen LogP contribution in [0.2, 0.25) is 0 Å². The molecule has 2 aromatic carbocycles. The molecular weight excluding hydrogens is 516 g/mol. The van der Waals surface area contributed by atoms with Crippen LogP contribution in [-0.4, -0.2) is 56.6 Å². The van der Waals surface area contributed by atoms with Crippen molar-refractivity contribution in [3.8, 4) is 0 Å². The van der Waals surface area contributed by atoms with E-state index in [4.69, 9.17) is 5.14 Å². The van der Waals surface area contributed by atoms with Crippen molar-refractivity contribution < 1.29 is 32.3 Å². The summed E-state index contributed by atoms with van der Waals surface area (Å²) in [7, 11) is 0.194. The Kier molecular flexibility index (Phi) is 14.7. The first kappa shape index (κ1) is 34.0. The molecule has 0 fully saturated rings. The molecular formula is C26H36N2O7S2. The second kappa shape index (κ2) is 16.0. The summed E-state index contributed by atoms with van der Waals surface area (Å²) in [6, 6.07) is 13.0. The minimum absolute atomic E-state index is 0.250. The van der Waals surface area contributed by atoms with E-state index in [0.717, 1.165) is 11.8 Å². The molecule has 0 radical (unpaired) electrons. The van der Waals surface area contributed by atoms with E-state index >= 15 is 0 Å². The molecule has 9 nitrogen and oxygen atoms in total. The molecule has 37 heavy (non-hydrogen) atoms. The van der Waals surface area contributed by atoms with Gasteiger partial charge in [-0.2, -0.15) is 4.40 Å². The number of nitrogens with two attached hydrogens (primary N) is 1. The van der Waals surface area contributed by atoms with Crippen molar-refractivity contribution in [1.82, 2.24) is 0 Å². The predicted molar refractivity (Wildman–Crippen MR) is 149 cm³/mol. The van der Waals surface area contributed by atoms with E-state index in [0.29, 0.717) is 16.7 Å². The third-order valence-corrected chi connectivity index (χ3v) is 6.78. The van der Waals surface area contributed by atoms with Gasteiger partial charge in [-0.05, 0) is 71.4 Å². The maximum atomic E-state index is 11.7. The van der Waals surface area contributed by atoms with Crippen molar-refractivity contribution in [1.29, 1.82) is 0 Å². The maximum absolute atomic E-state index is 11.7. The first-order chi connectivity index (χ1) is 17.1. The Bertz CT molecular complexity index is 1100. The Balaban J connectivity index is 0.000000586. The van der Waals surface area contributed by atoms with E-state index in [-0.39, 0.29) is 15.5 Å². The molecule has 0 aliphatic heterocycles. The number of nitrogens with zero attached hydrogens (tertiary/aromatic N) is 1. The molecule has 2 atom stereocenters. The third-order valence-electron chi connectivity index (χ3n) is 4.22. The molecule has 204 valence electrons. The minimum Gasteiger partial charge on any atom is -0.465 e. The first-order valence-corrected chi connectivity index (χ1v) is 13.3. The number of carbonyl (C=O) groups is 3. The highest BCUT2D eigenvalue weighted by molar-refractivity contribution is 7.85. The first-order valence-electron chi connectivity index (χ1n) is 11.0.